The van der Waals surface area contributed by atoms with Gasteiger partial charge in [-0.05, 0) is 25.2 Å². The summed E-state index contributed by atoms with van der Waals surface area (Å²) in [6, 6.07) is 0. The number of Topliss-reactive ketones (excluding diaryl/α,β-unsaturated/α-hetero) is 1. The molecule has 8 nitrogen and oxygen atoms in total. The molecule has 210 valence electrons. The van der Waals surface area contributed by atoms with E-state index in [2.05, 4.69) is 13.8 Å². The number of carboxylic acid groups (broad SMARTS) is 2. The summed E-state index contributed by atoms with van der Waals surface area (Å²) < 4.78 is 5.27. The molecule has 3 N–H and O–H groups in total. The molecular formula is C28H50O8. The maximum atomic E-state index is 12.6. The highest BCUT2D eigenvalue weighted by molar-refractivity contribution is 5.90. The van der Waals surface area contributed by atoms with Crippen molar-refractivity contribution < 1.29 is 39.2 Å². The Labute approximate surface area is 217 Å². The first-order valence-corrected chi connectivity index (χ1v) is 13.9. The van der Waals surface area contributed by atoms with Crippen LogP contribution in [0.15, 0.2) is 0 Å². The van der Waals surface area contributed by atoms with E-state index >= 15 is 0 Å². The van der Waals surface area contributed by atoms with Crippen molar-refractivity contribution in [3.63, 3.8) is 0 Å². The lowest BCUT2D eigenvalue weighted by Gasteiger charge is -2.22. The van der Waals surface area contributed by atoms with Crippen molar-refractivity contribution in [3.8, 4) is 0 Å². The Morgan fingerprint density at radius 1 is 0.722 bits per heavy atom. The van der Waals surface area contributed by atoms with Crippen LogP contribution in [0.2, 0.25) is 0 Å². The van der Waals surface area contributed by atoms with Gasteiger partial charge in [0.05, 0.1) is 12.8 Å². The van der Waals surface area contributed by atoms with Gasteiger partial charge in [0.1, 0.15) is 0 Å². The predicted molar refractivity (Wildman–Crippen MR) is 139 cm³/mol. The van der Waals surface area contributed by atoms with Gasteiger partial charge in [-0.3, -0.25) is 14.4 Å². The number of aliphatic carboxylic acids is 2. The van der Waals surface area contributed by atoms with Crippen molar-refractivity contribution in [3.05, 3.63) is 0 Å². The van der Waals surface area contributed by atoms with Crippen molar-refractivity contribution in [1.29, 1.82) is 0 Å². The molecule has 2 atom stereocenters. The number of carbonyl (C=O) groups is 4. The lowest BCUT2D eigenvalue weighted by atomic mass is 9.95. The summed E-state index contributed by atoms with van der Waals surface area (Å²) in [5.41, 5.74) is -2.77. The molecule has 0 saturated heterocycles. The molecule has 8 heteroatoms. The van der Waals surface area contributed by atoms with Crippen molar-refractivity contribution in [2.24, 2.45) is 5.92 Å². The second kappa shape index (κ2) is 20.1. The third kappa shape index (κ3) is 17.5. The fourth-order valence-electron chi connectivity index (χ4n) is 4.20. The molecule has 0 bridgehead atoms. The second-order valence-electron chi connectivity index (χ2n) is 10.5. The van der Waals surface area contributed by atoms with Crippen LogP contribution in [0.1, 0.15) is 136 Å². The van der Waals surface area contributed by atoms with E-state index in [9.17, 15) is 24.3 Å². The van der Waals surface area contributed by atoms with Gasteiger partial charge in [0.25, 0.3) is 0 Å². The number of ketones is 1. The van der Waals surface area contributed by atoms with E-state index in [4.69, 9.17) is 14.9 Å². The second-order valence-corrected chi connectivity index (χ2v) is 10.5. The molecule has 0 fully saturated rings. The summed E-state index contributed by atoms with van der Waals surface area (Å²) in [5.74, 6) is -3.88. The number of ether oxygens (including phenoxy) is 1. The first-order chi connectivity index (χ1) is 17.0. The molecule has 0 aromatic heterocycles. The van der Waals surface area contributed by atoms with Gasteiger partial charge >= 0.3 is 17.9 Å². The largest absolute Gasteiger partial charge is 0.481 e. The minimum absolute atomic E-state index is 0.216. The summed E-state index contributed by atoms with van der Waals surface area (Å²) >= 11 is 0. The van der Waals surface area contributed by atoms with Gasteiger partial charge in [-0.2, -0.15) is 0 Å². The molecule has 0 rings (SSSR count). The molecule has 0 amide bonds. The molecule has 0 aliphatic heterocycles. The zero-order valence-electron chi connectivity index (χ0n) is 22.8. The summed E-state index contributed by atoms with van der Waals surface area (Å²) in [6.07, 6.45) is 12.6. The Morgan fingerprint density at radius 3 is 1.67 bits per heavy atom. The maximum Gasteiger partial charge on any atom is 0.336 e. The van der Waals surface area contributed by atoms with Crippen LogP contribution in [0.5, 0.6) is 0 Å². The summed E-state index contributed by atoms with van der Waals surface area (Å²) in [4.78, 5) is 47.2. The molecule has 0 aliphatic carbocycles. The Kier molecular flexibility index (Phi) is 19.0. The summed E-state index contributed by atoms with van der Waals surface area (Å²) in [6.45, 7) is 6.54. The zero-order chi connectivity index (χ0) is 27.4. The number of carbonyl (C=O) groups excluding carboxylic acids is 2. The lowest BCUT2D eigenvalue weighted by molar-refractivity contribution is -0.174. The fraction of sp³-hybridized carbons (Fsp3) is 0.857. The molecule has 0 aromatic rings. The molecule has 0 aliphatic rings. The van der Waals surface area contributed by atoms with Gasteiger partial charge < -0.3 is 20.1 Å². The highest BCUT2D eigenvalue weighted by Crippen LogP contribution is 2.20. The van der Waals surface area contributed by atoms with Gasteiger partial charge in [0, 0.05) is 6.42 Å². The van der Waals surface area contributed by atoms with E-state index < -0.39 is 42.5 Å². The number of carboxylic acids is 2. The molecule has 0 radical (unpaired) electrons. The standard InChI is InChI=1S/C28H50O8/c1-4-5-14-18-23(29)24(36-26(32)21-28(35,27(33)34)20-25(30)31)19-16-13-11-9-7-6-8-10-12-15-17-22(2)3/h22,24,35H,4-21H2,1-3H3,(H,30,31)(H,33,34). The summed E-state index contributed by atoms with van der Waals surface area (Å²) in [5, 5.41) is 28.1. The van der Waals surface area contributed by atoms with Crippen LogP contribution in [0.3, 0.4) is 0 Å². The van der Waals surface area contributed by atoms with Gasteiger partial charge in [-0.1, -0.05) is 97.8 Å². The van der Waals surface area contributed by atoms with Crippen molar-refractivity contribution in [2.75, 3.05) is 0 Å². The van der Waals surface area contributed by atoms with E-state index in [1.165, 1.54) is 44.9 Å². The minimum atomic E-state index is -2.77. The maximum absolute atomic E-state index is 12.6. The van der Waals surface area contributed by atoms with E-state index in [0.29, 0.717) is 19.3 Å². The molecular weight excluding hydrogens is 464 g/mol. The van der Waals surface area contributed by atoms with E-state index in [1.807, 2.05) is 6.92 Å². The predicted octanol–water partition coefficient (Wildman–Crippen LogP) is 6.07. The molecule has 0 saturated carbocycles. The van der Waals surface area contributed by atoms with Crippen LogP contribution in [-0.4, -0.2) is 50.7 Å². The van der Waals surface area contributed by atoms with E-state index in [-0.39, 0.29) is 12.2 Å². The zero-order valence-corrected chi connectivity index (χ0v) is 22.8. The fourth-order valence-corrected chi connectivity index (χ4v) is 4.20. The number of aliphatic hydroxyl groups is 1. The highest BCUT2D eigenvalue weighted by Gasteiger charge is 2.42. The van der Waals surface area contributed by atoms with Crippen LogP contribution in [0.4, 0.5) is 0 Å². The first kappa shape index (κ1) is 34.0. The average Bonchev–Trinajstić information content (AvgIpc) is 2.78. The number of unbranched alkanes of at least 4 members (excludes halogenated alkanes) is 11. The minimum Gasteiger partial charge on any atom is -0.481 e. The Morgan fingerprint density at radius 2 is 1.22 bits per heavy atom. The van der Waals surface area contributed by atoms with E-state index in [1.54, 1.807) is 0 Å². The Balaban J connectivity index is 4.48. The number of hydrogen-bond donors (Lipinski definition) is 3. The molecule has 0 spiro atoms. The van der Waals surface area contributed by atoms with Crippen LogP contribution < -0.4 is 0 Å². The van der Waals surface area contributed by atoms with Crippen LogP contribution in [0.25, 0.3) is 0 Å². The quantitative estimate of drug-likeness (QED) is 0.104. The Bertz CT molecular complexity index is 645. The number of hydrogen-bond acceptors (Lipinski definition) is 6. The number of rotatable bonds is 24. The SMILES string of the molecule is CCCCCC(=O)C(CCCCCCCCCCCCC(C)C)OC(=O)CC(O)(CC(=O)O)C(=O)O. The normalized spacial score (nSPS) is 13.8. The van der Waals surface area contributed by atoms with Gasteiger partial charge in [-0.25, -0.2) is 4.79 Å². The van der Waals surface area contributed by atoms with Gasteiger partial charge in [0.15, 0.2) is 17.5 Å². The molecule has 0 heterocycles. The van der Waals surface area contributed by atoms with Crippen molar-refractivity contribution in [1.82, 2.24) is 0 Å². The van der Waals surface area contributed by atoms with Crippen LogP contribution >= 0.6 is 0 Å². The smallest absolute Gasteiger partial charge is 0.336 e. The first-order valence-electron chi connectivity index (χ1n) is 13.9. The third-order valence-corrected chi connectivity index (χ3v) is 6.44. The third-order valence-electron chi connectivity index (χ3n) is 6.44. The lowest BCUT2D eigenvalue weighted by Crippen LogP contribution is -2.44. The van der Waals surface area contributed by atoms with Crippen LogP contribution in [-0.2, 0) is 23.9 Å². The number of esters is 1. The van der Waals surface area contributed by atoms with Gasteiger partial charge in [-0.15, -0.1) is 0 Å². The molecule has 0 aromatic carbocycles. The molecule has 2 unspecified atom stereocenters. The average molecular weight is 515 g/mol. The van der Waals surface area contributed by atoms with Gasteiger partial charge in [0.2, 0.25) is 0 Å². The van der Waals surface area contributed by atoms with Crippen molar-refractivity contribution in [2.45, 2.75) is 148 Å². The monoisotopic (exact) mass is 514 g/mol. The molecule has 36 heavy (non-hydrogen) atoms. The van der Waals surface area contributed by atoms with E-state index in [0.717, 1.165) is 38.0 Å². The van der Waals surface area contributed by atoms with Crippen molar-refractivity contribution >= 4 is 23.7 Å². The topological polar surface area (TPSA) is 138 Å². The van der Waals surface area contributed by atoms with Crippen LogP contribution in [0, 0.1) is 5.92 Å². The Hall–Kier alpha value is -1.96. The highest BCUT2D eigenvalue weighted by atomic mass is 16.5. The summed E-state index contributed by atoms with van der Waals surface area (Å²) in [7, 11) is 0.